The Kier molecular flexibility index (Phi) is 2.68. The van der Waals surface area contributed by atoms with Crippen molar-refractivity contribution >= 4 is 6.08 Å². The molecule has 0 fully saturated rings. The van der Waals surface area contributed by atoms with E-state index in [-0.39, 0.29) is 28.8 Å². The fourth-order valence-electron chi connectivity index (χ4n) is 2.14. The van der Waals surface area contributed by atoms with Gasteiger partial charge in [0.1, 0.15) is 28.8 Å². The molecule has 1 aliphatic heterocycles. The summed E-state index contributed by atoms with van der Waals surface area (Å²) in [6.07, 6.45) is 0.648. The van der Waals surface area contributed by atoms with E-state index in [1.54, 1.807) is 12.1 Å². The summed E-state index contributed by atoms with van der Waals surface area (Å²) in [6.45, 7) is 0. The lowest BCUT2D eigenvalue weighted by Crippen LogP contribution is -2.14. The van der Waals surface area contributed by atoms with Crippen LogP contribution in [-0.2, 0) is 0 Å². The lowest BCUT2D eigenvalue weighted by molar-refractivity contribution is 0.173. The molecule has 0 bridgehead atoms. The highest BCUT2D eigenvalue weighted by molar-refractivity contribution is 5.69. The van der Waals surface area contributed by atoms with Crippen LogP contribution < -0.4 is 4.74 Å². The third-order valence-corrected chi connectivity index (χ3v) is 3.11. The highest BCUT2D eigenvalue weighted by atomic mass is 16.5. The molecular formula is C15H12O5. The molecule has 2 aromatic carbocycles. The highest BCUT2D eigenvalue weighted by Gasteiger charge is 2.26. The number of hydrogen-bond acceptors (Lipinski definition) is 5. The molecule has 102 valence electrons. The van der Waals surface area contributed by atoms with E-state index in [1.807, 2.05) is 0 Å². The summed E-state index contributed by atoms with van der Waals surface area (Å²) in [6, 6.07) is 8.76. The van der Waals surface area contributed by atoms with Crippen molar-refractivity contribution in [3.8, 4) is 23.0 Å². The van der Waals surface area contributed by atoms with Crippen molar-refractivity contribution in [2.75, 3.05) is 0 Å². The molecule has 1 heterocycles. The number of ether oxygens (including phenoxy) is 1. The largest absolute Gasteiger partial charge is 0.508 e. The van der Waals surface area contributed by atoms with Gasteiger partial charge in [0.15, 0.2) is 6.10 Å². The zero-order chi connectivity index (χ0) is 14.3. The van der Waals surface area contributed by atoms with Crippen molar-refractivity contribution in [1.29, 1.82) is 0 Å². The summed E-state index contributed by atoms with van der Waals surface area (Å²) in [5.74, 6) is 0.0301. The van der Waals surface area contributed by atoms with Gasteiger partial charge in [0.2, 0.25) is 0 Å². The minimum absolute atomic E-state index is 0.0656. The van der Waals surface area contributed by atoms with Crippen LogP contribution in [0.4, 0.5) is 0 Å². The van der Waals surface area contributed by atoms with Gasteiger partial charge in [-0.3, -0.25) is 0 Å². The number of phenols is 3. The van der Waals surface area contributed by atoms with Gasteiger partial charge in [-0.15, -0.1) is 0 Å². The molecule has 0 amide bonds. The Morgan fingerprint density at radius 2 is 1.55 bits per heavy atom. The van der Waals surface area contributed by atoms with Crippen LogP contribution >= 0.6 is 0 Å². The fraction of sp³-hybridized carbons (Fsp3) is 0.0667. The molecular weight excluding hydrogens is 260 g/mol. The minimum Gasteiger partial charge on any atom is -0.508 e. The molecule has 0 radical (unpaired) electrons. The Balaban J connectivity index is 2.04. The second-order valence-electron chi connectivity index (χ2n) is 4.54. The number of aliphatic hydroxyl groups excluding tert-OH is 1. The molecule has 5 nitrogen and oxygen atoms in total. The van der Waals surface area contributed by atoms with E-state index in [2.05, 4.69) is 0 Å². The number of hydrogen-bond donors (Lipinski definition) is 4. The molecule has 0 saturated carbocycles. The van der Waals surface area contributed by atoms with Crippen LogP contribution in [0.3, 0.4) is 0 Å². The van der Waals surface area contributed by atoms with Crippen molar-refractivity contribution in [3.63, 3.8) is 0 Å². The summed E-state index contributed by atoms with van der Waals surface area (Å²) in [5, 5.41) is 38.5. The van der Waals surface area contributed by atoms with Crippen LogP contribution in [0.1, 0.15) is 17.2 Å². The number of aromatic hydroxyl groups is 3. The van der Waals surface area contributed by atoms with E-state index in [1.165, 1.54) is 30.3 Å². The summed E-state index contributed by atoms with van der Waals surface area (Å²) in [7, 11) is 0. The van der Waals surface area contributed by atoms with Crippen molar-refractivity contribution in [1.82, 2.24) is 0 Å². The van der Waals surface area contributed by atoms with Crippen LogP contribution in [0.25, 0.3) is 6.08 Å². The van der Waals surface area contributed by atoms with Crippen molar-refractivity contribution in [2.45, 2.75) is 6.10 Å². The Morgan fingerprint density at radius 1 is 0.850 bits per heavy atom. The smallest absolute Gasteiger partial charge is 0.180 e. The van der Waals surface area contributed by atoms with E-state index in [0.29, 0.717) is 11.1 Å². The van der Waals surface area contributed by atoms with Crippen LogP contribution in [-0.4, -0.2) is 20.4 Å². The SMILES string of the molecule is OC1=Cc2c(O)cc(O)cc2O[C@@H]1c1ccc(O)cc1. The van der Waals surface area contributed by atoms with E-state index >= 15 is 0 Å². The Labute approximate surface area is 114 Å². The second kappa shape index (κ2) is 4.38. The standard InChI is InChI=1S/C15H12O5/c16-9-3-1-8(2-4-9)15-13(19)7-11-12(18)5-10(17)6-14(11)20-15/h1-7,15-19H/t15-/m1/s1. The maximum Gasteiger partial charge on any atom is 0.180 e. The van der Waals surface area contributed by atoms with E-state index in [0.717, 1.165) is 0 Å². The van der Waals surface area contributed by atoms with Gasteiger partial charge in [0, 0.05) is 17.7 Å². The van der Waals surface area contributed by atoms with Gasteiger partial charge in [-0.1, -0.05) is 12.1 Å². The molecule has 0 spiro atoms. The van der Waals surface area contributed by atoms with Gasteiger partial charge in [-0.25, -0.2) is 0 Å². The number of fused-ring (bicyclic) bond motifs is 1. The first-order valence-corrected chi connectivity index (χ1v) is 5.97. The molecule has 0 unspecified atom stereocenters. The van der Waals surface area contributed by atoms with Crippen LogP contribution in [0.15, 0.2) is 42.2 Å². The van der Waals surface area contributed by atoms with Crippen LogP contribution in [0, 0.1) is 0 Å². The first-order valence-electron chi connectivity index (χ1n) is 5.97. The van der Waals surface area contributed by atoms with Gasteiger partial charge in [-0.2, -0.15) is 0 Å². The molecule has 3 rings (SSSR count). The molecule has 2 aromatic rings. The van der Waals surface area contributed by atoms with E-state index in [4.69, 9.17) is 4.74 Å². The second-order valence-corrected chi connectivity index (χ2v) is 4.54. The van der Waals surface area contributed by atoms with Gasteiger partial charge in [-0.05, 0) is 18.2 Å². The average Bonchev–Trinajstić information content (AvgIpc) is 2.40. The van der Waals surface area contributed by atoms with Crippen molar-refractivity contribution < 1.29 is 25.2 Å². The summed E-state index contributed by atoms with van der Waals surface area (Å²) >= 11 is 0. The quantitative estimate of drug-likeness (QED) is 0.641. The van der Waals surface area contributed by atoms with Crippen LogP contribution in [0.5, 0.6) is 23.0 Å². The first kappa shape index (κ1) is 12.2. The maximum absolute atomic E-state index is 10.0. The maximum atomic E-state index is 10.0. The zero-order valence-corrected chi connectivity index (χ0v) is 10.3. The molecule has 5 heteroatoms. The third-order valence-electron chi connectivity index (χ3n) is 3.11. The molecule has 20 heavy (non-hydrogen) atoms. The van der Waals surface area contributed by atoms with E-state index in [9.17, 15) is 20.4 Å². The highest BCUT2D eigenvalue weighted by Crippen LogP contribution is 2.42. The predicted octanol–water partition coefficient (Wildman–Crippen LogP) is 2.84. The predicted molar refractivity (Wildman–Crippen MR) is 71.9 cm³/mol. The number of rotatable bonds is 1. The van der Waals surface area contributed by atoms with Gasteiger partial charge >= 0.3 is 0 Å². The molecule has 0 aliphatic carbocycles. The van der Waals surface area contributed by atoms with Gasteiger partial charge in [0.05, 0.1) is 5.56 Å². The van der Waals surface area contributed by atoms with Crippen molar-refractivity contribution in [3.05, 3.63) is 53.3 Å². The summed E-state index contributed by atoms with van der Waals surface area (Å²) in [5.41, 5.74) is 0.959. The average molecular weight is 272 g/mol. The van der Waals surface area contributed by atoms with Crippen molar-refractivity contribution in [2.24, 2.45) is 0 Å². The topological polar surface area (TPSA) is 90.2 Å². The number of phenolic OH excluding ortho intramolecular Hbond substituents is 3. The Bertz CT molecular complexity index is 688. The number of aliphatic hydroxyl groups is 1. The fourth-order valence-corrected chi connectivity index (χ4v) is 2.14. The molecule has 0 aromatic heterocycles. The van der Waals surface area contributed by atoms with Crippen LogP contribution in [0.2, 0.25) is 0 Å². The lowest BCUT2D eigenvalue weighted by atomic mass is 10.0. The normalized spacial score (nSPS) is 17.0. The van der Waals surface area contributed by atoms with E-state index < -0.39 is 6.10 Å². The van der Waals surface area contributed by atoms with Gasteiger partial charge < -0.3 is 25.2 Å². The monoisotopic (exact) mass is 272 g/mol. The summed E-state index contributed by atoms with van der Waals surface area (Å²) < 4.78 is 5.61. The number of benzene rings is 2. The molecule has 0 saturated heterocycles. The molecule has 1 atom stereocenters. The molecule has 1 aliphatic rings. The Hall–Kier alpha value is -2.82. The Morgan fingerprint density at radius 3 is 2.25 bits per heavy atom. The summed E-state index contributed by atoms with van der Waals surface area (Å²) in [4.78, 5) is 0. The van der Waals surface area contributed by atoms with Gasteiger partial charge in [0.25, 0.3) is 0 Å². The molecule has 4 N–H and O–H groups in total. The zero-order valence-electron chi connectivity index (χ0n) is 10.3. The lowest BCUT2D eigenvalue weighted by Gasteiger charge is -2.25. The first-order chi connectivity index (χ1) is 9.54. The third kappa shape index (κ3) is 1.99. The minimum atomic E-state index is -0.746.